The van der Waals surface area contributed by atoms with E-state index in [9.17, 15) is 16.8 Å². The highest BCUT2D eigenvalue weighted by atomic mass is 32.2. The molecule has 0 saturated carbocycles. The molecule has 0 saturated heterocycles. The summed E-state index contributed by atoms with van der Waals surface area (Å²) in [5.41, 5.74) is 2.19. The minimum atomic E-state index is -3.79. The minimum Gasteiger partial charge on any atom is -0.270 e. The van der Waals surface area contributed by atoms with Crippen molar-refractivity contribution in [1.29, 1.82) is 0 Å². The zero-order valence-corrected chi connectivity index (χ0v) is 14.6. The number of aryl methyl sites for hydroxylation is 1. The van der Waals surface area contributed by atoms with Crippen LogP contribution in [0.5, 0.6) is 0 Å². The molecule has 0 atom stereocenters. The van der Waals surface area contributed by atoms with Crippen LogP contribution in [-0.4, -0.2) is 29.1 Å². The monoisotopic (exact) mass is 366 g/mol. The number of nitrogens with zero attached hydrogens (tertiary/aromatic N) is 1. The second-order valence-corrected chi connectivity index (χ2v) is 9.28. The molecule has 2 aromatic rings. The molecule has 1 aliphatic rings. The van der Waals surface area contributed by atoms with Crippen LogP contribution >= 0.6 is 0 Å². The van der Waals surface area contributed by atoms with E-state index < -0.39 is 20.0 Å². The fraction of sp³-hybridized carbons (Fsp3) is 0.250. The third-order valence-corrected chi connectivity index (χ3v) is 6.74. The second kappa shape index (κ2) is 6.19. The fourth-order valence-corrected chi connectivity index (χ4v) is 4.94. The van der Waals surface area contributed by atoms with Crippen LogP contribution in [0.1, 0.15) is 11.1 Å². The first kappa shape index (κ1) is 16.9. The molecule has 3 rings (SSSR count). The van der Waals surface area contributed by atoms with Gasteiger partial charge in [0, 0.05) is 6.54 Å². The van der Waals surface area contributed by atoms with E-state index in [2.05, 4.69) is 0 Å². The van der Waals surface area contributed by atoms with Crippen molar-refractivity contribution in [2.24, 2.45) is 5.14 Å². The van der Waals surface area contributed by atoms with Crippen LogP contribution in [0.4, 0.5) is 5.69 Å². The third-order valence-electron chi connectivity index (χ3n) is 4.06. The number of benzene rings is 2. The van der Waals surface area contributed by atoms with Gasteiger partial charge >= 0.3 is 0 Å². The number of rotatable bonds is 5. The molecule has 0 aliphatic carbocycles. The van der Waals surface area contributed by atoms with E-state index in [1.165, 1.54) is 22.5 Å². The quantitative estimate of drug-likeness (QED) is 0.861. The molecule has 1 aliphatic heterocycles. The predicted octanol–water partition coefficient (Wildman–Crippen LogP) is 1.27. The summed E-state index contributed by atoms with van der Waals surface area (Å²) in [4.78, 5) is 0.00443. The summed E-state index contributed by atoms with van der Waals surface area (Å²) >= 11 is 0. The summed E-state index contributed by atoms with van der Waals surface area (Å²) in [5.74, 6) is 0.00733. The maximum Gasteiger partial charge on any atom is 0.238 e. The fourth-order valence-electron chi connectivity index (χ4n) is 2.82. The maximum atomic E-state index is 12.6. The molecule has 2 aromatic carbocycles. The number of sulfonamides is 2. The van der Waals surface area contributed by atoms with E-state index in [0.29, 0.717) is 30.6 Å². The zero-order chi connectivity index (χ0) is 17.4. The van der Waals surface area contributed by atoms with Gasteiger partial charge in [-0.15, -0.1) is 0 Å². The molecule has 8 heteroatoms. The molecule has 0 unspecified atom stereocenters. The van der Waals surface area contributed by atoms with Gasteiger partial charge in [-0.1, -0.05) is 30.3 Å². The number of nitrogens with two attached hydrogens (primary N) is 1. The molecule has 6 nitrogen and oxygen atoms in total. The summed E-state index contributed by atoms with van der Waals surface area (Å²) < 4.78 is 49.5. The van der Waals surface area contributed by atoms with Crippen LogP contribution in [0, 0.1) is 0 Å². The Balaban J connectivity index is 1.82. The standard InChI is InChI=1S/C16H18N2O4S2/c17-24(21,22)15-6-7-16-14(12-15)8-10-18(16)23(19,20)11-9-13-4-2-1-3-5-13/h1-7,12H,8-11H2,(H2,17,21,22). The minimum absolute atomic E-state index is 0.00443. The lowest BCUT2D eigenvalue weighted by Gasteiger charge is -2.19. The molecule has 2 N–H and O–H groups in total. The lowest BCUT2D eigenvalue weighted by molar-refractivity contribution is 0.591. The van der Waals surface area contributed by atoms with Crippen molar-refractivity contribution in [3.8, 4) is 0 Å². The van der Waals surface area contributed by atoms with Crippen molar-refractivity contribution in [3.63, 3.8) is 0 Å². The van der Waals surface area contributed by atoms with Crippen molar-refractivity contribution >= 4 is 25.7 Å². The van der Waals surface area contributed by atoms with Crippen molar-refractivity contribution in [3.05, 3.63) is 59.7 Å². The summed E-state index contributed by atoms with van der Waals surface area (Å²) in [6, 6.07) is 13.7. The van der Waals surface area contributed by atoms with Crippen LogP contribution in [0.15, 0.2) is 53.4 Å². The van der Waals surface area contributed by atoms with Gasteiger partial charge in [-0.3, -0.25) is 4.31 Å². The smallest absolute Gasteiger partial charge is 0.238 e. The lowest BCUT2D eigenvalue weighted by Crippen LogP contribution is -2.32. The van der Waals surface area contributed by atoms with E-state index in [1.54, 1.807) is 0 Å². The Hall–Kier alpha value is -1.90. The van der Waals surface area contributed by atoms with Crippen LogP contribution < -0.4 is 9.44 Å². The summed E-state index contributed by atoms with van der Waals surface area (Å²) in [7, 11) is -7.26. The Bertz CT molecular complexity index is 955. The Kier molecular flexibility index (Phi) is 4.37. The topological polar surface area (TPSA) is 97.5 Å². The molecule has 0 spiro atoms. The zero-order valence-electron chi connectivity index (χ0n) is 12.9. The first-order valence-electron chi connectivity index (χ1n) is 7.47. The predicted molar refractivity (Wildman–Crippen MR) is 92.8 cm³/mol. The molecule has 0 amide bonds. The van der Waals surface area contributed by atoms with Gasteiger partial charge in [-0.2, -0.15) is 0 Å². The van der Waals surface area contributed by atoms with Gasteiger partial charge in [0.05, 0.1) is 16.3 Å². The highest BCUT2D eigenvalue weighted by molar-refractivity contribution is 7.92. The van der Waals surface area contributed by atoms with Gasteiger partial charge in [0.1, 0.15) is 0 Å². The van der Waals surface area contributed by atoms with E-state index in [-0.39, 0.29) is 10.6 Å². The molecule has 0 bridgehead atoms. The van der Waals surface area contributed by atoms with Gasteiger partial charge in [-0.05, 0) is 42.2 Å². The van der Waals surface area contributed by atoms with Crippen molar-refractivity contribution in [2.45, 2.75) is 17.7 Å². The van der Waals surface area contributed by atoms with Gasteiger partial charge in [0.15, 0.2) is 0 Å². The molecule has 24 heavy (non-hydrogen) atoms. The van der Waals surface area contributed by atoms with Crippen molar-refractivity contribution < 1.29 is 16.8 Å². The van der Waals surface area contributed by atoms with Crippen molar-refractivity contribution in [2.75, 3.05) is 16.6 Å². The second-order valence-electron chi connectivity index (χ2n) is 5.71. The first-order valence-corrected chi connectivity index (χ1v) is 10.6. The average Bonchev–Trinajstić information content (AvgIpc) is 2.97. The van der Waals surface area contributed by atoms with Crippen LogP contribution in [0.3, 0.4) is 0 Å². The highest BCUT2D eigenvalue weighted by Crippen LogP contribution is 2.32. The Morgan fingerprint density at radius 3 is 2.38 bits per heavy atom. The van der Waals surface area contributed by atoms with Crippen molar-refractivity contribution in [1.82, 2.24) is 0 Å². The molecule has 1 heterocycles. The van der Waals surface area contributed by atoms with Crippen LogP contribution in [-0.2, 0) is 32.9 Å². The SMILES string of the molecule is NS(=O)(=O)c1ccc2c(c1)CCN2S(=O)(=O)CCc1ccccc1. The normalized spacial score (nSPS) is 14.6. The largest absolute Gasteiger partial charge is 0.270 e. The van der Waals surface area contributed by atoms with E-state index >= 15 is 0 Å². The van der Waals surface area contributed by atoms with Gasteiger partial charge in [0.2, 0.25) is 20.0 Å². The molecular weight excluding hydrogens is 348 g/mol. The number of anilines is 1. The Morgan fingerprint density at radius 2 is 1.71 bits per heavy atom. The Morgan fingerprint density at radius 1 is 1.00 bits per heavy atom. The maximum absolute atomic E-state index is 12.6. The van der Waals surface area contributed by atoms with Gasteiger partial charge in [0.25, 0.3) is 0 Å². The van der Waals surface area contributed by atoms with Crippen LogP contribution in [0.2, 0.25) is 0 Å². The highest BCUT2D eigenvalue weighted by Gasteiger charge is 2.29. The van der Waals surface area contributed by atoms with Gasteiger partial charge in [-0.25, -0.2) is 22.0 Å². The number of primary sulfonamides is 1. The Labute approximate surface area is 142 Å². The summed E-state index contributed by atoms with van der Waals surface area (Å²) in [5, 5.41) is 5.12. The summed E-state index contributed by atoms with van der Waals surface area (Å²) in [6.45, 7) is 0.320. The van der Waals surface area contributed by atoms with Gasteiger partial charge < -0.3 is 0 Å². The van der Waals surface area contributed by atoms with E-state index in [0.717, 1.165) is 5.56 Å². The van der Waals surface area contributed by atoms with Crippen LogP contribution in [0.25, 0.3) is 0 Å². The summed E-state index contributed by atoms with van der Waals surface area (Å²) in [6.07, 6.45) is 0.910. The lowest BCUT2D eigenvalue weighted by atomic mass is 10.2. The molecule has 0 aromatic heterocycles. The average molecular weight is 366 g/mol. The number of fused-ring (bicyclic) bond motifs is 1. The van der Waals surface area contributed by atoms with E-state index in [4.69, 9.17) is 5.14 Å². The van der Waals surface area contributed by atoms with E-state index in [1.807, 2.05) is 30.3 Å². The first-order chi connectivity index (χ1) is 11.3. The molecule has 128 valence electrons. The number of hydrogen-bond acceptors (Lipinski definition) is 4. The third kappa shape index (κ3) is 3.45. The molecular formula is C16H18N2O4S2. The molecule has 0 radical (unpaired) electrons. The number of hydrogen-bond donors (Lipinski definition) is 1. The molecule has 0 fully saturated rings.